The lowest BCUT2D eigenvalue weighted by Gasteiger charge is -2.08. The third kappa shape index (κ3) is 1.57. The summed E-state index contributed by atoms with van der Waals surface area (Å²) in [5.41, 5.74) is 8.69. The van der Waals surface area contributed by atoms with Gasteiger partial charge >= 0.3 is 0 Å². The van der Waals surface area contributed by atoms with Gasteiger partial charge in [-0.15, -0.1) is 0 Å². The smallest absolute Gasteiger partial charge is 0.0927 e. The fourth-order valence-electron chi connectivity index (χ4n) is 1.76. The van der Waals surface area contributed by atoms with E-state index in [9.17, 15) is 5.11 Å². The van der Waals surface area contributed by atoms with Gasteiger partial charge in [0, 0.05) is 24.0 Å². The first kappa shape index (κ1) is 8.66. The summed E-state index contributed by atoms with van der Waals surface area (Å²) in [5, 5.41) is 9.50. The molecule has 0 saturated carbocycles. The normalized spacial score (nSPS) is 17.1. The van der Waals surface area contributed by atoms with Crippen molar-refractivity contribution in [2.45, 2.75) is 25.4 Å². The van der Waals surface area contributed by atoms with E-state index in [0.717, 1.165) is 18.4 Å². The van der Waals surface area contributed by atoms with E-state index in [-0.39, 0.29) is 6.54 Å². The first-order valence-corrected chi connectivity index (χ1v) is 4.67. The molecule has 0 aromatic carbocycles. The predicted octanol–water partition coefficient (Wildman–Crippen LogP) is 0.562. The van der Waals surface area contributed by atoms with Crippen LogP contribution in [0.3, 0.4) is 0 Å². The molecule has 1 aliphatic rings. The maximum absolute atomic E-state index is 9.50. The highest BCUT2D eigenvalue weighted by atomic mass is 16.3. The van der Waals surface area contributed by atoms with Crippen molar-refractivity contribution in [3.63, 3.8) is 0 Å². The van der Waals surface area contributed by atoms with E-state index in [2.05, 4.69) is 4.98 Å². The van der Waals surface area contributed by atoms with Gasteiger partial charge in [0.15, 0.2) is 0 Å². The van der Waals surface area contributed by atoms with Gasteiger partial charge in [-0.25, -0.2) is 0 Å². The van der Waals surface area contributed by atoms with Crippen LogP contribution in [0.1, 0.15) is 29.3 Å². The summed E-state index contributed by atoms with van der Waals surface area (Å²) in [7, 11) is 0. The van der Waals surface area contributed by atoms with Gasteiger partial charge in [0.05, 0.1) is 6.10 Å². The Labute approximate surface area is 77.6 Å². The van der Waals surface area contributed by atoms with Gasteiger partial charge < -0.3 is 10.8 Å². The zero-order chi connectivity index (χ0) is 9.26. The molecule has 0 amide bonds. The van der Waals surface area contributed by atoms with Crippen LogP contribution in [0.25, 0.3) is 0 Å². The van der Waals surface area contributed by atoms with E-state index in [1.807, 2.05) is 6.07 Å². The van der Waals surface area contributed by atoms with Crippen molar-refractivity contribution in [1.29, 1.82) is 0 Å². The minimum atomic E-state index is -0.557. The van der Waals surface area contributed by atoms with Crippen LogP contribution in [-0.2, 0) is 12.8 Å². The molecule has 0 saturated heterocycles. The summed E-state index contributed by atoms with van der Waals surface area (Å²) in [6.07, 6.45) is 4.53. The summed E-state index contributed by atoms with van der Waals surface area (Å²) in [6.45, 7) is 0.264. The second-order valence-corrected chi connectivity index (χ2v) is 3.48. The minimum Gasteiger partial charge on any atom is -0.387 e. The summed E-state index contributed by atoms with van der Waals surface area (Å²) < 4.78 is 0. The number of fused-ring (bicyclic) bond motifs is 1. The van der Waals surface area contributed by atoms with Crippen molar-refractivity contribution in [3.05, 3.63) is 29.1 Å². The van der Waals surface area contributed by atoms with Crippen molar-refractivity contribution in [3.8, 4) is 0 Å². The van der Waals surface area contributed by atoms with E-state index < -0.39 is 6.10 Å². The summed E-state index contributed by atoms with van der Waals surface area (Å²) in [6, 6.07) is 2.03. The van der Waals surface area contributed by atoms with Crippen LogP contribution in [0.15, 0.2) is 12.3 Å². The molecule has 1 aliphatic carbocycles. The molecular formula is C10H14N2O. The summed E-state index contributed by atoms with van der Waals surface area (Å²) in [5.74, 6) is 0. The molecule has 0 aliphatic heterocycles. The Bertz CT molecular complexity index is 312. The van der Waals surface area contributed by atoms with Crippen molar-refractivity contribution in [1.82, 2.24) is 4.98 Å². The Morgan fingerprint density at radius 2 is 2.38 bits per heavy atom. The molecule has 0 spiro atoms. The van der Waals surface area contributed by atoms with Crippen LogP contribution in [0.5, 0.6) is 0 Å². The van der Waals surface area contributed by atoms with Crippen molar-refractivity contribution >= 4 is 0 Å². The van der Waals surface area contributed by atoms with Gasteiger partial charge in [0.2, 0.25) is 0 Å². The average molecular weight is 178 g/mol. The number of rotatable bonds is 2. The molecule has 3 heteroatoms. The largest absolute Gasteiger partial charge is 0.387 e. The third-order valence-electron chi connectivity index (χ3n) is 2.55. The van der Waals surface area contributed by atoms with Gasteiger partial charge in [-0.2, -0.15) is 0 Å². The Kier molecular flexibility index (Phi) is 2.29. The molecule has 1 atom stereocenters. The lowest BCUT2D eigenvalue weighted by atomic mass is 10.1. The molecule has 70 valence electrons. The number of aryl methyl sites for hydroxylation is 2. The van der Waals surface area contributed by atoms with Crippen LogP contribution < -0.4 is 5.73 Å². The van der Waals surface area contributed by atoms with Gasteiger partial charge in [-0.3, -0.25) is 4.98 Å². The lowest BCUT2D eigenvalue weighted by molar-refractivity contribution is 0.186. The SMILES string of the molecule is NCC(O)c1cnc2c(c1)CCC2. The molecule has 0 fully saturated rings. The number of aliphatic hydroxyl groups is 1. The summed E-state index contributed by atoms with van der Waals surface area (Å²) >= 11 is 0. The molecule has 13 heavy (non-hydrogen) atoms. The third-order valence-corrected chi connectivity index (χ3v) is 2.55. The molecule has 0 bridgehead atoms. The number of pyridine rings is 1. The Morgan fingerprint density at radius 1 is 1.54 bits per heavy atom. The quantitative estimate of drug-likeness (QED) is 0.695. The highest BCUT2D eigenvalue weighted by Crippen LogP contribution is 2.22. The Hall–Kier alpha value is -0.930. The molecule has 3 N–H and O–H groups in total. The zero-order valence-corrected chi connectivity index (χ0v) is 7.53. The minimum absolute atomic E-state index is 0.264. The highest BCUT2D eigenvalue weighted by Gasteiger charge is 2.14. The molecule has 0 radical (unpaired) electrons. The van der Waals surface area contributed by atoms with E-state index >= 15 is 0 Å². The molecule has 1 unspecified atom stereocenters. The van der Waals surface area contributed by atoms with E-state index in [1.54, 1.807) is 6.20 Å². The second kappa shape index (κ2) is 3.44. The number of nitrogens with two attached hydrogens (primary N) is 1. The standard InChI is InChI=1S/C10H14N2O/c11-5-10(13)8-4-7-2-1-3-9(7)12-6-8/h4,6,10,13H,1-3,5,11H2. The first-order chi connectivity index (χ1) is 6.31. The van der Waals surface area contributed by atoms with E-state index in [1.165, 1.54) is 17.7 Å². The Morgan fingerprint density at radius 3 is 3.15 bits per heavy atom. The predicted molar refractivity (Wildman–Crippen MR) is 50.3 cm³/mol. The molecule has 3 nitrogen and oxygen atoms in total. The van der Waals surface area contributed by atoms with Crippen molar-refractivity contribution in [2.24, 2.45) is 5.73 Å². The maximum Gasteiger partial charge on any atom is 0.0927 e. The monoisotopic (exact) mass is 178 g/mol. The second-order valence-electron chi connectivity index (χ2n) is 3.48. The number of hydrogen-bond acceptors (Lipinski definition) is 3. The zero-order valence-electron chi connectivity index (χ0n) is 7.53. The summed E-state index contributed by atoms with van der Waals surface area (Å²) in [4.78, 5) is 4.31. The van der Waals surface area contributed by atoms with E-state index in [4.69, 9.17) is 5.73 Å². The van der Waals surface area contributed by atoms with Gasteiger partial charge in [0.25, 0.3) is 0 Å². The molecule has 2 rings (SSSR count). The number of hydrogen-bond donors (Lipinski definition) is 2. The van der Waals surface area contributed by atoms with Crippen molar-refractivity contribution < 1.29 is 5.11 Å². The lowest BCUT2D eigenvalue weighted by Crippen LogP contribution is -2.12. The van der Waals surface area contributed by atoms with Gasteiger partial charge in [0.1, 0.15) is 0 Å². The van der Waals surface area contributed by atoms with Crippen LogP contribution in [0.2, 0.25) is 0 Å². The first-order valence-electron chi connectivity index (χ1n) is 4.67. The molecule has 1 aromatic rings. The molecule has 1 heterocycles. The number of aliphatic hydroxyl groups excluding tert-OH is 1. The molecule has 1 aromatic heterocycles. The Balaban J connectivity index is 2.30. The van der Waals surface area contributed by atoms with Crippen LogP contribution >= 0.6 is 0 Å². The van der Waals surface area contributed by atoms with Gasteiger partial charge in [-0.1, -0.05) is 0 Å². The average Bonchev–Trinajstić information content (AvgIpc) is 2.63. The maximum atomic E-state index is 9.50. The fraction of sp³-hybridized carbons (Fsp3) is 0.500. The van der Waals surface area contributed by atoms with Gasteiger partial charge in [-0.05, 0) is 30.9 Å². The van der Waals surface area contributed by atoms with Crippen molar-refractivity contribution in [2.75, 3.05) is 6.54 Å². The number of aromatic nitrogens is 1. The number of nitrogens with zero attached hydrogens (tertiary/aromatic N) is 1. The van der Waals surface area contributed by atoms with Crippen LogP contribution in [-0.4, -0.2) is 16.6 Å². The van der Waals surface area contributed by atoms with Crippen LogP contribution in [0, 0.1) is 0 Å². The van der Waals surface area contributed by atoms with E-state index in [0.29, 0.717) is 0 Å². The molecular weight excluding hydrogens is 164 g/mol. The van der Waals surface area contributed by atoms with Crippen LogP contribution in [0.4, 0.5) is 0 Å². The topological polar surface area (TPSA) is 59.1 Å². The highest BCUT2D eigenvalue weighted by molar-refractivity contribution is 5.30. The fourth-order valence-corrected chi connectivity index (χ4v) is 1.76.